The molecule has 0 aliphatic rings. The molecule has 3 nitrogen and oxygen atoms in total. The monoisotopic (exact) mass is 208 g/mol. The van der Waals surface area contributed by atoms with Crippen molar-refractivity contribution in [2.24, 2.45) is 5.73 Å². The van der Waals surface area contributed by atoms with E-state index in [9.17, 15) is 9.18 Å². The highest BCUT2D eigenvalue weighted by Crippen LogP contribution is 1.98. The molecule has 15 heavy (non-hydrogen) atoms. The molecule has 0 unspecified atom stereocenters. The van der Waals surface area contributed by atoms with Crippen LogP contribution in [0.2, 0.25) is 0 Å². The number of carbonyl (C=O) groups excluding carboxylic acids is 1. The van der Waals surface area contributed by atoms with Gasteiger partial charge in [0.1, 0.15) is 0 Å². The van der Waals surface area contributed by atoms with Crippen molar-refractivity contribution >= 4 is 5.91 Å². The van der Waals surface area contributed by atoms with Crippen molar-refractivity contribution in [3.05, 3.63) is 47.8 Å². The van der Waals surface area contributed by atoms with Gasteiger partial charge in [-0.2, -0.15) is 0 Å². The maximum Gasteiger partial charge on any atom is 0.251 e. The van der Waals surface area contributed by atoms with Gasteiger partial charge in [-0.25, -0.2) is 4.39 Å². The third-order valence-electron chi connectivity index (χ3n) is 1.93. The molecule has 0 fully saturated rings. The van der Waals surface area contributed by atoms with E-state index >= 15 is 0 Å². The Hall–Kier alpha value is -1.68. The Balaban J connectivity index is 2.51. The van der Waals surface area contributed by atoms with E-state index in [1.807, 2.05) is 6.07 Å². The summed E-state index contributed by atoms with van der Waals surface area (Å²) in [5.74, 6) is -0.233. The first-order chi connectivity index (χ1) is 7.27. The Labute approximate surface area is 87.8 Å². The minimum atomic E-state index is -0.233. The van der Waals surface area contributed by atoms with Crippen molar-refractivity contribution in [2.75, 3.05) is 13.1 Å². The van der Waals surface area contributed by atoms with Crippen LogP contribution >= 0.6 is 0 Å². The SMILES string of the molecule is NCC(=CF)CNC(=O)c1ccccc1. The highest BCUT2D eigenvalue weighted by molar-refractivity contribution is 5.94. The first kappa shape index (κ1) is 11.4. The predicted molar refractivity (Wildman–Crippen MR) is 57.0 cm³/mol. The minimum absolute atomic E-state index is 0.103. The lowest BCUT2D eigenvalue weighted by Gasteiger charge is -2.05. The summed E-state index contributed by atoms with van der Waals surface area (Å²) in [7, 11) is 0. The number of halogens is 1. The van der Waals surface area contributed by atoms with Crippen molar-refractivity contribution in [3.8, 4) is 0 Å². The van der Waals surface area contributed by atoms with Crippen LogP contribution in [0.5, 0.6) is 0 Å². The van der Waals surface area contributed by atoms with E-state index in [1.54, 1.807) is 24.3 Å². The van der Waals surface area contributed by atoms with Gasteiger partial charge in [-0.15, -0.1) is 0 Å². The lowest BCUT2D eigenvalue weighted by atomic mass is 10.2. The van der Waals surface area contributed by atoms with E-state index in [4.69, 9.17) is 5.73 Å². The Morgan fingerprint density at radius 2 is 2.07 bits per heavy atom. The highest BCUT2D eigenvalue weighted by Gasteiger charge is 2.04. The molecule has 1 amide bonds. The van der Waals surface area contributed by atoms with Crippen LogP contribution in [0.3, 0.4) is 0 Å². The smallest absolute Gasteiger partial charge is 0.251 e. The third-order valence-corrected chi connectivity index (χ3v) is 1.93. The molecule has 0 aliphatic heterocycles. The van der Waals surface area contributed by atoms with E-state index < -0.39 is 0 Å². The van der Waals surface area contributed by atoms with E-state index in [0.717, 1.165) is 0 Å². The van der Waals surface area contributed by atoms with Gasteiger partial charge in [0.15, 0.2) is 0 Å². The van der Waals surface area contributed by atoms with E-state index in [2.05, 4.69) is 5.32 Å². The van der Waals surface area contributed by atoms with Crippen molar-refractivity contribution < 1.29 is 9.18 Å². The fourth-order valence-electron chi connectivity index (χ4n) is 1.04. The van der Waals surface area contributed by atoms with Crippen molar-refractivity contribution in [2.45, 2.75) is 0 Å². The number of nitrogens with one attached hydrogen (secondary N) is 1. The van der Waals surface area contributed by atoms with Gasteiger partial charge < -0.3 is 11.1 Å². The van der Waals surface area contributed by atoms with E-state index in [0.29, 0.717) is 17.5 Å². The van der Waals surface area contributed by atoms with Gasteiger partial charge in [-0.05, 0) is 17.7 Å². The number of amides is 1. The molecular formula is C11H13FN2O. The molecule has 0 bridgehead atoms. The number of hydrogen-bond donors (Lipinski definition) is 2. The number of carbonyl (C=O) groups is 1. The van der Waals surface area contributed by atoms with Crippen molar-refractivity contribution in [1.82, 2.24) is 5.32 Å². The van der Waals surface area contributed by atoms with Crippen molar-refractivity contribution in [3.63, 3.8) is 0 Å². The molecule has 0 atom stereocenters. The molecule has 80 valence electrons. The minimum Gasteiger partial charge on any atom is -0.348 e. The normalized spacial score (nSPS) is 11.2. The average molecular weight is 208 g/mol. The standard InChI is InChI=1S/C11H13FN2O/c12-6-9(7-13)8-14-11(15)10-4-2-1-3-5-10/h1-6H,7-8,13H2,(H,14,15). The first-order valence-electron chi connectivity index (χ1n) is 4.59. The first-order valence-corrected chi connectivity index (χ1v) is 4.59. The largest absolute Gasteiger partial charge is 0.348 e. The Morgan fingerprint density at radius 3 is 2.60 bits per heavy atom. The topological polar surface area (TPSA) is 55.1 Å². The summed E-state index contributed by atoms with van der Waals surface area (Å²) in [6.07, 6.45) is 0.422. The Morgan fingerprint density at radius 1 is 1.40 bits per heavy atom. The molecule has 0 saturated carbocycles. The molecular weight excluding hydrogens is 195 g/mol. The molecule has 0 aliphatic carbocycles. The third kappa shape index (κ3) is 3.52. The second kappa shape index (κ2) is 5.93. The van der Waals surface area contributed by atoms with Crippen molar-refractivity contribution in [1.29, 1.82) is 0 Å². The molecule has 0 radical (unpaired) electrons. The van der Waals surface area contributed by atoms with Gasteiger partial charge in [0.05, 0.1) is 6.33 Å². The fourth-order valence-corrected chi connectivity index (χ4v) is 1.04. The Bertz CT molecular complexity index is 349. The van der Waals surface area contributed by atoms with Crippen LogP contribution in [0.4, 0.5) is 4.39 Å². The van der Waals surface area contributed by atoms with Crippen LogP contribution in [0.15, 0.2) is 42.2 Å². The number of rotatable bonds is 4. The number of benzene rings is 1. The van der Waals surface area contributed by atoms with Crippen LogP contribution < -0.4 is 11.1 Å². The number of hydrogen-bond acceptors (Lipinski definition) is 2. The molecule has 0 aromatic heterocycles. The predicted octanol–water partition coefficient (Wildman–Crippen LogP) is 1.23. The average Bonchev–Trinajstić information content (AvgIpc) is 2.31. The van der Waals surface area contributed by atoms with Gasteiger partial charge >= 0.3 is 0 Å². The van der Waals surface area contributed by atoms with Crippen LogP contribution in [0.1, 0.15) is 10.4 Å². The molecule has 1 aromatic carbocycles. The van der Waals surface area contributed by atoms with E-state index in [-0.39, 0.29) is 19.0 Å². The molecule has 1 aromatic rings. The zero-order chi connectivity index (χ0) is 11.1. The van der Waals surface area contributed by atoms with Crippen LogP contribution in [0.25, 0.3) is 0 Å². The molecule has 3 N–H and O–H groups in total. The van der Waals surface area contributed by atoms with Gasteiger partial charge in [0.25, 0.3) is 5.91 Å². The maximum atomic E-state index is 12.1. The van der Waals surface area contributed by atoms with Crippen LogP contribution in [-0.4, -0.2) is 19.0 Å². The summed E-state index contributed by atoms with van der Waals surface area (Å²) in [4.78, 5) is 11.5. The van der Waals surface area contributed by atoms with E-state index in [1.165, 1.54) is 0 Å². The summed E-state index contributed by atoms with van der Waals surface area (Å²) in [6.45, 7) is 0.242. The second-order valence-electron chi connectivity index (χ2n) is 3.02. The molecule has 4 heteroatoms. The van der Waals surface area contributed by atoms with Gasteiger partial charge in [-0.1, -0.05) is 18.2 Å². The Kier molecular flexibility index (Phi) is 4.50. The lowest BCUT2D eigenvalue weighted by Crippen LogP contribution is -2.27. The molecule has 1 rings (SSSR count). The quantitative estimate of drug-likeness (QED) is 0.781. The summed E-state index contributed by atoms with van der Waals surface area (Å²) < 4.78 is 12.1. The molecule has 0 heterocycles. The van der Waals surface area contributed by atoms with Crippen LogP contribution in [0, 0.1) is 0 Å². The van der Waals surface area contributed by atoms with Gasteiger partial charge in [0.2, 0.25) is 0 Å². The lowest BCUT2D eigenvalue weighted by molar-refractivity contribution is 0.0957. The maximum absolute atomic E-state index is 12.1. The highest BCUT2D eigenvalue weighted by atomic mass is 19.1. The summed E-state index contributed by atoms with van der Waals surface area (Å²) in [6, 6.07) is 8.74. The second-order valence-corrected chi connectivity index (χ2v) is 3.02. The molecule has 0 saturated heterocycles. The molecule has 0 spiro atoms. The zero-order valence-corrected chi connectivity index (χ0v) is 8.24. The summed E-state index contributed by atoms with van der Waals surface area (Å²) in [5.41, 5.74) is 6.16. The van der Waals surface area contributed by atoms with Crippen LogP contribution in [-0.2, 0) is 0 Å². The zero-order valence-electron chi connectivity index (χ0n) is 8.24. The van der Waals surface area contributed by atoms with Gasteiger partial charge in [0, 0.05) is 18.7 Å². The fraction of sp³-hybridized carbons (Fsp3) is 0.182. The summed E-state index contributed by atoms with van der Waals surface area (Å²) >= 11 is 0. The van der Waals surface area contributed by atoms with Gasteiger partial charge in [-0.3, -0.25) is 4.79 Å². The summed E-state index contributed by atoms with van der Waals surface area (Å²) in [5, 5.41) is 2.57. The number of nitrogens with two attached hydrogens (primary N) is 1.